The Kier molecular flexibility index (Phi) is 3.59. The van der Waals surface area contributed by atoms with E-state index in [1.165, 1.54) is 20.8 Å². The quantitative estimate of drug-likeness (QED) is 0.668. The Hall–Kier alpha value is -1.72. The van der Waals surface area contributed by atoms with Crippen LogP contribution in [-0.4, -0.2) is 45.5 Å². The van der Waals surface area contributed by atoms with Crippen molar-refractivity contribution in [2.75, 3.05) is 6.54 Å². The topological polar surface area (TPSA) is 74.8 Å². The van der Waals surface area contributed by atoms with Crippen molar-refractivity contribution in [3.63, 3.8) is 0 Å². The number of hydrogen-bond acceptors (Lipinski definition) is 4. The highest BCUT2D eigenvalue weighted by Crippen LogP contribution is 2.31. The molecule has 1 heterocycles. The number of nitrogens with zero attached hydrogens (tertiary/aromatic N) is 2. The third-order valence-electron chi connectivity index (χ3n) is 3.50. The monoisotopic (exact) mass is 254 g/mol. The molecule has 0 aromatic rings. The standard InChI is InChI=1S/C12H18N2O4/c1-7(2)12(5)11(18)13(8(3)15)6-10(17)14(12)9(4)16/h7H,6H2,1-5H3. The summed E-state index contributed by atoms with van der Waals surface area (Å²) in [5.74, 6) is -2.26. The minimum absolute atomic E-state index is 0.278. The van der Waals surface area contributed by atoms with Gasteiger partial charge in [-0.2, -0.15) is 0 Å². The van der Waals surface area contributed by atoms with Crippen LogP contribution < -0.4 is 0 Å². The number of carbonyl (C=O) groups excluding carboxylic acids is 4. The smallest absolute Gasteiger partial charge is 0.256 e. The summed E-state index contributed by atoms with van der Waals surface area (Å²) in [6.07, 6.45) is 0. The van der Waals surface area contributed by atoms with Crippen molar-refractivity contribution in [3.8, 4) is 0 Å². The van der Waals surface area contributed by atoms with Crippen molar-refractivity contribution < 1.29 is 19.2 Å². The van der Waals surface area contributed by atoms with Crippen LogP contribution in [0.3, 0.4) is 0 Å². The SMILES string of the molecule is CC(=O)N1CC(=O)N(C(C)=O)C(C)(C(C)C)C1=O. The molecular formula is C12H18N2O4. The van der Waals surface area contributed by atoms with E-state index < -0.39 is 29.2 Å². The van der Waals surface area contributed by atoms with Gasteiger partial charge in [0.15, 0.2) is 0 Å². The van der Waals surface area contributed by atoms with E-state index in [4.69, 9.17) is 0 Å². The van der Waals surface area contributed by atoms with E-state index in [9.17, 15) is 19.2 Å². The second kappa shape index (κ2) is 4.51. The van der Waals surface area contributed by atoms with E-state index >= 15 is 0 Å². The molecule has 0 radical (unpaired) electrons. The number of imide groups is 2. The van der Waals surface area contributed by atoms with E-state index in [1.54, 1.807) is 13.8 Å². The molecule has 6 heteroatoms. The second-order valence-corrected chi connectivity index (χ2v) is 4.96. The number of amides is 4. The predicted octanol–water partition coefficient (Wildman–Crippen LogP) is 0.165. The molecule has 0 aromatic carbocycles. The summed E-state index contributed by atoms with van der Waals surface area (Å²) in [5, 5.41) is 0. The maximum Gasteiger partial charge on any atom is 0.256 e. The van der Waals surface area contributed by atoms with Gasteiger partial charge in [0.05, 0.1) is 0 Å². The molecule has 1 saturated heterocycles. The van der Waals surface area contributed by atoms with E-state index in [1.807, 2.05) is 0 Å². The minimum atomic E-state index is -1.30. The number of rotatable bonds is 1. The van der Waals surface area contributed by atoms with Gasteiger partial charge in [0.2, 0.25) is 17.7 Å². The molecule has 1 atom stereocenters. The fraction of sp³-hybridized carbons (Fsp3) is 0.667. The fourth-order valence-electron chi connectivity index (χ4n) is 2.17. The highest BCUT2D eigenvalue weighted by molar-refractivity contribution is 6.11. The Balaban J connectivity index is 3.35. The second-order valence-electron chi connectivity index (χ2n) is 4.96. The Morgan fingerprint density at radius 2 is 1.67 bits per heavy atom. The lowest BCUT2D eigenvalue weighted by Gasteiger charge is -2.47. The molecule has 6 nitrogen and oxygen atoms in total. The summed E-state index contributed by atoms with van der Waals surface area (Å²) in [6.45, 7) is 7.12. The van der Waals surface area contributed by atoms with Crippen molar-refractivity contribution >= 4 is 23.6 Å². The first-order chi connectivity index (χ1) is 8.13. The van der Waals surface area contributed by atoms with Crippen LogP contribution in [-0.2, 0) is 19.2 Å². The first-order valence-electron chi connectivity index (χ1n) is 5.80. The summed E-state index contributed by atoms with van der Waals surface area (Å²) < 4.78 is 0. The van der Waals surface area contributed by atoms with Crippen LogP contribution in [0, 0.1) is 5.92 Å². The fourth-order valence-corrected chi connectivity index (χ4v) is 2.17. The minimum Gasteiger partial charge on any atom is -0.275 e. The molecule has 18 heavy (non-hydrogen) atoms. The zero-order chi connectivity index (χ0) is 14.2. The molecule has 1 aliphatic heterocycles. The van der Waals surface area contributed by atoms with Crippen LogP contribution in [0.15, 0.2) is 0 Å². The predicted molar refractivity (Wildman–Crippen MR) is 63.2 cm³/mol. The van der Waals surface area contributed by atoms with Gasteiger partial charge in [0, 0.05) is 13.8 Å². The van der Waals surface area contributed by atoms with E-state index in [-0.39, 0.29) is 12.5 Å². The van der Waals surface area contributed by atoms with Crippen LogP contribution in [0.5, 0.6) is 0 Å². The third kappa shape index (κ3) is 1.91. The van der Waals surface area contributed by atoms with Gasteiger partial charge in [0.1, 0.15) is 12.1 Å². The van der Waals surface area contributed by atoms with Crippen molar-refractivity contribution in [2.45, 2.75) is 40.2 Å². The third-order valence-corrected chi connectivity index (χ3v) is 3.50. The van der Waals surface area contributed by atoms with Gasteiger partial charge in [-0.05, 0) is 12.8 Å². The number of hydrogen-bond donors (Lipinski definition) is 0. The highest BCUT2D eigenvalue weighted by atomic mass is 16.2. The first-order valence-corrected chi connectivity index (χ1v) is 5.80. The van der Waals surface area contributed by atoms with Crippen LogP contribution in [0.25, 0.3) is 0 Å². The van der Waals surface area contributed by atoms with Crippen LogP contribution in [0.2, 0.25) is 0 Å². The molecule has 100 valence electrons. The maximum absolute atomic E-state index is 12.3. The molecule has 0 N–H and O–H groups in total. The molecule has 1 fully saturated rings. The first kappa shape index (κ1) is 14.3. The normalized spacial score (nSPS) is 24.8. The van der Waals surface area contributed by atoms with Gasteiger partial charge in [-0.3, -0.25) is 29.0 Å². The van der Waals surface area contributed by atoms with Gasteiger partial charge < -0.3 is 0 Å². The van der Waals surface area contributed by atoms with Crippen molar-refractivity contribution in [3.05, 3.63) is 0 Å². The van der Waals surface area contributed by atoms with Crippen molar-refractivity contribution in [1.29, 1.82) is 0 Å². The van der Waals surface area contributed by atoms with Crippen LogP contribution in [0.1, 0.15) is 34.6 Å². The number of piperazine rings is 1. The summed E-state index contributed by atoms with van der Waals surface area (Å²) in [7, 11) is 0. The molecule has 1 rings (SSSR count). The average Bonchev–Trinajstić information content (AvgIpc) is 2.22. The Bertz CT molecular complexity index is 430. The molecular weight excluding hydrogens is 236 g/mol. The molecule has 0 bridgehead atoms. The summed E-state index contributed by atoms with van der Waals surface area (Å²) >= 11 is 0. The van der Waals surface area contributed by atoms with Gasteiger partial charge in [0.25, 0.3) is 5.91 Å². The maximum atomic E-state index is 12.3. The summed E-state index contributed by atoms with van der Waals surface area (Å²) in [4.78, 5) is 49.2. The van der Waals surface area contributed by atoms with E-state index in [2.05, 4.69) is 0 Å². The average molecular weight is 254 g/mol. The molecule has 0 spiro atoms. The molecule has 0 aliphatic carbocycles. The number of carbonyl (C=O) groups is 4. The Morgan fingerprint density at radius 1 is 1.17 bits per heavy atom. The summed E-state index contributed by atoms with van der Waals surface area (Å²) in [5.41, 5.74) is -1.30. The molecule has 0 saturated carbocycles. The largest absolute Gasteiger partial charge is 0.275 e. The van der Waals surface area contributed by atoms with Crippen molar-refractivity contribution in [2.24, 2.45) is 5.92 Å². The molecule has 0 aromatic heterocycles. The van der Waals surface area contributed by atoms with Gasteiger partial charge >= 0.3 is 0 Å². The van der Waals surface area contributed by atoms with Gasteiger partial charge in [-0.25, -0.2) is 0 Å². The van der Waals surface area contributed by atoms with E-state index in [0.29, 0.717) is 0 Å². The molecule has 4 amide bonds. The zero-order valence-corrected chi connectivity index (χ0v) is 11.3. The lowest BCUT2D eigenvalue weighted by Crippen LogP contribution is -2.70. The van der Waals surface area contributed by atoms with Gasteiger partial charge in [-0.15, -0.1) is 0 Å². The highest BCUT2D eigenvalue weighted by Gasteiger charge is 2.53. The molecule has 1 unspecified atom stereocenters. The lowest BCUT2D eigenvalue weighted by molar-refractivity contribution is -0.175. The van der Waals surface area contributed by atoms with Crippen LogP contribution >= 0.6 is 0 Å². The Labute approximate surface area is 106 Å². The van der Waals surface area contributed by atoms with Gasteiger partial charge in [-0.1, -0.05) is 13.8 Å². The van der Waals surface area contributed by atoms with Crippen molar-refractivity contribution in [1.82, 2.24) is 9.80 Å². The Morgan fingerprint density at radius 3 is 2.00 bits per heavy atom. The lowest BCUT2D eigenvalue weighted by atomic mass is 9.83. The van der Waals surface area contributed by atoms with E-state index in [0.717, 1.165) is 9.80 Å². The van der Waals surface area contributed by atoms with Crippen LogP contribution in [0.4, 0.5) is 0 Å². The molecule has 1 aliphatic rings. The summed E-state index contributed by atoms with van der Waals surface area (Å²) in [6, 6.07) is 0. The zero-order valence-electron chi connectivity index (χ0n) is 11.3.